The number of aryl methyl sites for hydroxylation is 1. The van der Waals surface area contributed by atoms with Gasteiger partial charge in [-0.25, -0.2) is 4.68 Å². The maximum atomic E-state index is 12.9. The summed E-state index contributed by atoms with van der Waals surface area (Å²) < 4.78 is 1.21. The van der Waals surface area contributed by atoms with Crippen molar-refractivity contribution < 1.29 is 4.79 Å². The molecule has 4 aromatic rings. The van der Waals surface area contributed by atoms with Gasteiger partial charge in [0.05, 0.1) is 11.7 Å². The number of hydrogen-bond acceptors (Lipinski definition) is 3. The summed E-state index contributed by atoms with van der Waals surface area (Å²) >= 11 is 0. The molecule has 5 nitrogen and oxygen atoms in total. The molecule has 154 valence electrons. The summed E-state index contributed by atoms with van der Waals surface area (Å²) in [4.78, 5) is 25.2. The van der Waals surface area contributed by atoms with Crippen LogP contribution in [0.3, 0.4) is 0 Å². The van der Waals surface area contributed by atoms with Crippen LogP contribution in [0.5, 0.6) is 0 Å². The van der Waals surface area contributed by atoms with Gasteiger partial charge in [0, 0.05) is 11.6 Å². The van der Waals surface area contributed by atoms with E-state index in [-0.39, 0.29) is 24.1 Å². The molecule has 3 aromatic carbocycles. The van der Waals surface area contributed by atoms with Crippen LogP contribution in [0.2, 0.25) is 0 Å². The van der Waals surface area contributed by atoms with E-state index in [0.717, 1.165) is 22.3 Å². The van der Waals surface area contributed by atoms with Crippen LogP contribution >= 0.6 is 0 Å². The van der Waals surface area contributed by atoms with Gasteiger partial charge >= 0.3 is 0 Å². The highest BCUT2D eigenvalue weighted by molar-refractivity contribution is 5.76. The van der Waals surface area contributed by atoms with E-state index in [1.165, 1.54) is 10.7 Å². The smallest absolute Gasteiger partial charge is 0.267 e. The molecule has 31 heavy (non-hydrogen) atoms. The van der Waals surface area contributed by atoms with Gasteiger partial charge in [-0.15, -0.1) is 0 Å². The zero-order chi connectivity index (χ0) is 21.6. The van der Waals surface area contributed by atoms with Gasteiger partial charge in [-0.2, -0.15) is 5.10 Å². The Bertz CT molecular complexity index is 1180. The Hall–Kier alpha value is -3.99. The van der Waals surface area contributed by atoms with Gasteiger partial charge in [-0.1, -0.05) is 90.5 Å². The molecule has 1 aromatic heterocycles. The number of carbonyl (C=O) groups is 1. The van der Waals surface area contributed by atoms with E-state index in [9.17, 15) is 9.59 Å². The summed E-state index contributed by atoms with van der Waals surface area (Å²) in [6, 6.07) is 30.2. The molecule has 0 aliphatic rings. The van der Waals surface area contributed by atoms with Gasteiger partial charge in [0.2, 0.25) is 5.91 Å². The lowest BCUT2D eigenvalue weighted by molar-refractivity contribution is -0.122. The van der Waals surface area contributed by atoms with Crippen LogP contribution in [0.15, 0.2) is 102 Å². The van der Waals surface area contributed by atoms with Gasteiger partial charge in [0.25, 0.3) is 5.56 Å². The van der Waals surface area contributed by atoms with Crippen molar-refractivity contribution in [3.63, 3.8) is 0 Å². The van der Waals surface area contributed by atoms with E-state index >= 15 is 0 Å². The first-order valence-corrected chi connectivity index (χ1v) is 10.1. The van der Waals surface area contributed by atoms with Crippen molar-refractivity contribution in [3.05, 3.63) is 124 Å². The predicted octanol–water partition coefficient (Wildman–Crippen LogP) is 4.12. The molecule has 0 aliphatic carbocycles. The third-order valence-electron chi connectivity index (χ3n) is 5.08. The van der Waals surface area contributed by atoms with Crippen LogP contribution < -0.4 is 10.9 Å². The standard InChI is InChI=1S/C26H23N3O2/c1-19-12-14-20(15-13-19)23-16-17-25(31)29(28-23)18-24(30)27-26(21-8-4-2-5-9-21)22-10-6-3-7-11-22/h2-17,26H,18H2,1H3,(H,27,30). The first kappa shape index (κ1) is 20.3. The van der Waals surface area contributed by atoms with Gasteiger partial charge in [0.15, 0.2) is 0 Å². The third-order valence-corrected chi connectivity index (χ3v) is 5.08. The zero-order valence-electron chi connectivity index (χ0n) is 17.2. The third kappa shape index (κ3) is 4.95. The molecule has 0 unspecified atom stereocenters. The van der Waals surface area contributed by atoms with E-state index in [1.807, 2.05) is 91.9 Å². The number of nitrogens with zero attached hydrogens (tertiary/aromatic N) is 2. The average Bonchev–Trinajstić information content (AvgIpc) is 2.81. The fraction of sp³-hybridized carbons (Fsp3) is 0.115. The van der Waals surface area contributed by atoms with Crippen molar-refractivity contribution in [3.8, 4) is 11.3 Å². The van der Waals surface area contributed by atoms with Crippen molar-refractivity contribution >= 4 is 5.91 Å². The lowest BCUT2D eigenvalue weighted by Gasteiger charge is -2.20. The second kappa shape index (κ2) is 9.22. The lowest BCUT2D eigenvalue weighted by atomic mass is 9.99. The highest BCUT2D eigenvalue weighted by Crippen LogP contribution is 2.21. The average molecular weight is 409 g/mol. The predicted molar refractivity (Wildman–Crippen MR) is 122 cm³/mol. The Morgan fingerprint density at radius 3 is 2.00 bits per heavy atom. The summed E-state index contributed by atoms with van der Waals surface area (Å²) in [5.74, 6) is -0.284. The van der Waals surface area contributed by atoms with Crippen molar-refractivity contribution in [2.45, 2.75) is 19.5 Å². The maximum Gasteiger partial charge on any atom is 0.267 e. The van der Waals surface area contributed by atoms with E-state index in [1.54, 1.807) is 6.07 Å². The molecule has 0 saturated carbocycles. The normalized spacial score (nSPS) is 10.8. The quantitative estimate of drug-likeness (QED) is 0.521. The molecule has 0 radical (unpaired) electrons. The number of aromatic nitrogens is 2. The van der Waals surface area contributed by atoms with Crippen LogP contribution in [0.4, 0.5) is 0 Å². The van der Waals surface area contributed by atoms with Crippen molar-refractivity contribution in [2.24, 2.45) is 0 Å². The minimum atomic E-state index is -0.318. The fourth-order valence-electron chi connectivity index (χ4n) is 3.43. The summed E-state index contributed by atoms with van der Waals surface area (Å²) in [5.41, 5.74) is 4.30. The summed E-state index contributed by atoms with van der Waals surface area (Å²) in [6.45, 7) is 1.85. The molecular formula is C26H23N3O2. The fourth-order valence-corrected chi connectivity index (χ4v) is 3.43. The number of nitrogens with one attached hydrogen (secondary N) is 1. The molecule has 0 spiro atoms. The van der Waals surface area contributed by atoms with Crippen LogP contribution in [0, 0.1) is 6.92 Å². The molecule has 0 aliphatic heterocycles. The molecule has 1 heterocycles. The molecule has 1 N–H and O–H groups in total. The number of carbonyl (C=O) groups excluding carboxylic acids is 1. The van der Waals surface area contributed by atoms with Crippen LogP contribution in [-0.2, 0) is 11.3 Å². The van der Waals surface area contributed by atoms with E-state index in [0.29, 0.717) is 5.69 Å². The number of rotatable bonds is 6. The summed E-state index contributed by atoms with van der Waals surface area (Å²) in [5, 5.41) is 7.46. The SMILES string of the molecule is Cc1ccc(-c2ccc(=O)n(CC(=O)NC(c3ccccc3)c3ccccc3)n2)cc1. The second-order valence-corrected chi connectivity index (χ2v) is 7.40. The topological polar surface area (TPSA) is 64.0 Å². The van der Waals surface area contributed by atoms with E-state index in [2.05, 4.69) is 10.4 Å². The molecule has 1 amide bonds. The maximum absolute atomic E-state index is 12.9. The largest absolute Gasteiger partial charge is 0.344 e. The Balaban J connectivity index is 1.58. The molecule has 0 fully saturated rings. The Morgan fingerprint density at radius 2 is 1.42 bits per heavy atom. The van der Waals surface area contributed by atoms with Gasteiger partial charge in [-0.05, 0) is 24.1 Å². The van der Waals surface area contributed by atoms with Gasteiger partial charge in [-0.3, -0.25) is 9.59 Å². The highest BCUT2D eigenvalue weighted by Gasteiger charge is 2.17. The van der Waals surface area contributed by atoms with Crippen molar-refractivity contribution in [1.29, 1.82) is 0 Å². The van der Waals surface area contributed by atoms with Gasteiger partial charge in [0.1, 0.15) is 6.54 Å². The molecule has 0 bridgehead atoms. The van der Waals surface area contributed by atoms with E-state index < -0.39 is 0 Å². The highest BCUT2D eigenvalue weighted by atomic mass is 16.2. The number of hydrogen-bond donors (Lipinski definition) is 1. The number of amides is 1. The Kier molecular flexibility index (Phi) is 6.03. The van der Waals surface area contributed by atoms with Crippen LogP contribution in [0.25, 0.3) is 11.3 Å². The summed E-state index contributed by atoms with van der Waals surface area (Å²) in [6.07, 6.45) is 0. The monoisotopic (exact) mass is 409 g/mol. The number of benzene rings is 3. The zero-order valence-corrected chi connectivity index (χ0v) is 17.2. The minimum Gasteiger partial charge on any atom is -0.344 e. The molecular weight excluding hydrogens is 386 g/mol. The first-order chi connectivity index (χ1) is 15.1. The molecule has 0 atom stereocenters. The van der Waals surface area contributed by atoms with Crippen molar-refractivity contribution in [1.82, 2.24) is 15.1 Å². The van der Waals surface area contributed by atoms with E-state index in [4.69, 9.17) is 0 Å². The van der Waals surface area contributed by atoms with Crippen molar-refractivity contribution in [2.75, 3.05) is 0 Å². The van der Waals surface area contributed by atoms with Crippen LogP contribution in [-0.4, -0.2) is 15.7 Å². The summed E-state index contributed by atoms with van der Waals surface area (Å²) in [7, 11) is 0. The Labute approximate surface area is 181 Å². The van der Waals surface area contributed by atoms with Gasteiger partial charge < -0.3 is 5.32 Å². The lowest BCUT2D eigenvalue weighted by Crippen LogP contribution is -2.36. The van der Waals surface area contributed by atoms with Crippen LogP contribution in [0.1, 0.15) is 22.7 Å². The Morgan fingerprint density at radius 1 is 0.839 bits per heavy atom. The minimum absolute atomic E-state index is 0.158. The molecule has 0 saturated heterocycles. The molecule has 5 heteroatoms. The second-order valence-electron chi connectivity index (χ2n) is 7.40. The molecule has 4 rings (SSSR count). The first-order valence-electron chi connectivity index (χ1n) is 10.1.